The van der Waals surface area contributed by atoms with Crippen molar-refractivity contribution in [2.75, 3.05) is 26.2 Å². The van der Waals surface area contributed by atoms with Crippen LogP contribution in [0.5, 0.6) is 0 Å². The van der Waals surface area contributed by atoms with Crippen molar-refractivity contribution in [3.8, 4) is 0 Å². The predicted molar refractivity (Wildman–Crippen MR) is 82.5 cm³/mol. The van der Waals surface area contributed by atoms with Crippen molar-refractivity contribution in [2.24, 2.45) is 5.92 Å². The molecule has 2 rings (SSSR count). The largest absolute Gasteiger partial charge is 0.351 e. The minimum Gasteiger partial charge on any atom is -0.351 e. The van der Waals surface area contributed by atoms with Gasteiger partial charge in [-0.2, -0.15) is 0 Å². The van der Waals surface area contributed by atoms with Crippen LogP contribution in [0.4, 0.5) is 0 Å². The van der Waals surface area contributed by atoms with Gasteiger partial charge in [0.2, 0.25) is 5.91 Å². The molecule has 0 unspecified atom stereocenters. The molecule has 1 heterocycles. The van der Waals surface area contributed by atoms with E-state index in [1.807, 2.05) is 0 Å². The summed E-state index contributed by atoms with van der Waals surface area (Å²) >= 11 is 0. The molecule has 0 spiro atoms. The second-order valence-corrected chi connectivity index (χ2v) is 5.47. The maximum atomic E-state index is 11.1. The minimum atomic E-state index is -0.0797. The Labute approximate surface area is 121 Å². The lowest BCUT2D eigenvalue weighted by atomic mass is 9.90. The minimum absolute atomic E-state index is 0.0797. The predicted octanol–water partition coefficient (Wildman–Crippen LogP) is 2.24. The molecule has 1 aromatic carbocycles. The molecule has 3 heteroatoms. The number of carbonyl (C=O) groups is 1. The molecule has 1 amide bonds. The maximum Gasteiger partial charge on any atom is 0.243 e. The number of piperidine rings is 1. The molecule has 1 N–H and O–H groups in total. The fourth-order valence-corrected chi connectivity index (χ4v) is 2.77. The molecule has 1 aliphatic heterocycles. The fraction of sp³-hybridized carbons (Fsp3) is 0.471. The van der Waals surface area contributed by atoms with E-state index >= 15 is 0 Å². The number of rotatable bonds is 6. The molecular formula is C17H24N2O. The van der Waals surface area contributed by atoms with Gasteiger partial charge in [-0.25, -0.2) is 0 Å². The molecule has 0 bridgehead atoms. The quantitative estimate of drug-likeness (QED) is 0.806. The topological polar surface area (TPSA) is 32.3 Å². The summed E-state index contributed by atoms with van der Waals surface area (Å²) in [5, 5.41) is 2.83. The Balaban J connectivity index is 1.65. The second-order valence-electron chi connectivity index (χ2n) is 5.47. The average molecular weight is 272 g/mol. The van der Waals surface area contributed by atoms with Crippen molar-refractivity contribution >= 4 is 5.91 Å². The smallest absolute Gasteiger partial charge is 0.243 e. The van der Waals surface area contributed by atoms with E-state index in [1.54, 1.807) is 0 Å². The molecule has 1 aliphatic rings. The number of hydrogen-bond acceptors (Lipinski definition) is 2. The number of nitrogens with zero attached hydrogens (tertiary/aromatic N) is 1. The lowest BCUT2D eigenvalue weighted by Crippen LogP contribution is -2.39. The highest BCUT2D eigenvalue weighted by Crippen LogP contribution is 2.21. The number of carbonyl (C=O) groups excluding carboxylic acids is 1. The van der Waals surface area contributed by atoms with Crippen molar-refractivity contribution in [3.05, 3.63) is 48.6 Å². The van der Waals surface area contributed by atoms with Crippen molar-refractivity contribution < 1.29 is 4.79 Å². The van der Waals surface area contributed by atoms with Crippen LogP contribution in [-0.4, -0.2) is 37.0 Å². The Morgan fingerprint density at radius 3 is 2.65 bits per heavy atom. The van der Waals surface area contributed by atoms with Crippen LogP contribution in [0.15, 0.2) is 43.0 Å². The van der Waals surface area contributed by atoms with E-state index in [4.69, 9.17) is 0 Å². The molecule has 0 atom stereocenters. The van der Waals surface area contributed by atoms with Crippen LogP contribution in [0.3, 0.4) is 0 Å². The molecule has 1 aromatic rings. The summed E-state index contributed by atoms with van der Waals surface area (Å²) in [6, 6.07) is 10.7. The summed E-state index contributed by atoms with van der Waals surface area (Å²) in [7, 11) is 0. The Hall–Kier alpha value is -1.61. The van der Waals surface area contributed by atoms with E-state index in [9.17, 15) is 4.79 Å². The zero-order valence-electron chi connectivity index (χ0n) is 12.1. The van der Waals surface area contributed by atoms with Gasteiger partial charge in [0.15, 0.2) is 0 Å². The summed E-state index contributed by atoms with van der Waals surface area (Å²) in [5.74, 6) is 0.723. The van der Waals surface area contributed by atoms with E-state index in [1.165, 1.54) is 30.9 Å². The Morgan fingerprint density at radius 2 is 2.00 bits per heavy atom. The molecule has 20 heavy (non-hydrogen) atoms. The normalized spacial score (nSPS) is 16.8. The molecule has 0 radical (unpaired) electrons. The van der Waals surface area contributed by atoms with Crippen LogP contribution < -0.4 is 5.32 Å². The molecular weight excluding hydrogens is 248 g/mol. The van der Waals surface area contributed by atoms with E-state index in [2.05, 4.69) is 47.1 Å². The summed E-state index contributed by atoms with van der Waals surface area (Å²) < 4.78 is 0. The van der Waals surface area contributed by atoms with Gasteiger partial charge in [-0.05, 0) is 49.9 Å². The van der Waals surface area contributed by atoms with Crippen LogP contribution in [0.25, 0.3) is 0 Å². The first-order chi connectivity index (χ1) is 9.78. The highest BCUT2D eigenvalue weighted by atomic mass is 16.1. The molecule has 0 aromatic heterocycles. The van der Waals surface area contributed by atoms with Crippen LogP contribution in [0.2, 0.25) is 0 Å². The third-order valence-electron chi connectivity index (χ3n) is 3.99. The number of hydrogen-bond donors (Lipinski definition) is 1. The van der Waals surface area contributed by atoms with Gasteiger partial charge in [0.25, 0.3) is 0 Å². The average Bonchev–Trinajstić information content (AvgIpc) is 2.50. The summed E-state index contributed by atoms with van der Waals surface area (Å²) in [6.45, 7) is 7.39. The third kappa shape index (κ3) is 4.82. The van der Waals surface area contributed by atoms with Gasteiger partial charge in [0.05, 0.1) is 0 Å². The summed E-state index contributed by atoms with van der Waals surface area (Å²) in [6.07, 6.45) is 5.03. The first-order valence-electron chi connectivity index (χ1n) is 7.44. The first-order valence-corrected chi connectivity index (χ1v) is 7.44. The van der Waals surface area contributed by atoms with E-state index in [-0.39, 0.29) is 5.91 Å². The van der Waals surface area contributed by atoms with Gasteiger partial charge in [-0.3, -0.25) is 4.79 Å². The van der Waals surface area contributed by atoms with Crippen LogP contribution in [0.1, 0.15) is 18.4 Å². The second kappa shape index (κ2) is 7.85. The Bertz CT molecular complexity index is 422. The molecule has 0 saturated carbocycles. The lowest BCUT2D eigenvalue weighted by Gasteiger charge is -2.32. The molecule has 108 valence electrons. The molecule has 3 nitrogen and oxygen atoms in total. The first kappa shape index (κ1) is 14.8. The number of nitrogens with one attached hydrogen (secondary N) is 1. The monoisotopic (exact) mass is 272 g/mol. The van der Waals surface area contributed by atoms with Gasteiger partial charge in [-0.1, -0.05) is 36.9 Å². The summed E-state index contributed by atoms with van der Waals surface area (Å²) in [5.41, 5.74) is 1.45. The van der Waals surface area contributed by atoms with Crippen molar-refractivity contribution in [3.63, 3.8) is 0 Å². The van der Waals surface area contributed by atoms with Crippen LogP contribution in [-0.2, 0) is 11.2 Å². The Morgan fingerprint density at radius 1 is 1.30 bits per heavy atom. The van der Waals surface area contributed by atoms with Crippen molar-refractivity contribution in [1.29, 1.82) is 0 Å². The number of likely N-dealkylation sites (tertiary alicyclic amines) is 1. The van der Waals surface area contributed by atoms with Crippen LogP contribution in [0, 0.1) is 5.92 Å². The number of amides is 1. The van der Waals surface area contributed by atoms with E-state index in [0.29, 0.717) is 6.54 Å². The lowest BCUT2D eigenvalue weighted by molar-refractivity contribution is -0.116. The Kier molecular flexibility index (Phi) is 5.81. The number of benzene rings is 1. The highest BCUT2D eigenvalue weighted by Gasteiger charge is 2.18. The third-order valence-corrected chi connectivity index (χ3v) is 3.99. The van der Waals surface area contributed by atoms with Gasteiger partial charge < -0.3 is 10.2 Å². The van der Waals surface area contributed by atoms with Crippen molar-refractivity contribution in [2.45, 2.75) is 19.3 Å². The molecule has 1 fully saturated rings. The van der Waals surface area contributed by atoms with Gasteiger partial charge in [0, 0.05) is 13.1 Å². The van der Waals surface area contributed by atoms with Gasteiger partial charge in [0.1, 0.15) is 0 Å². The zero-order valence-corrected chi connectivity index (χ0v) is 12.1. The van der Waals surface area contributed by atoms with Crippen molar-refractivity contribution in [1.82, 2.24) is 10.2 Å². The van der Waals surface area contributed by atoms with Crippen LogP contribution >= 0.6 is 0 Å². The maximum absolute atomic E-state index is 11.1. The van der Waals surface area contributed by atoms with E-state index < -0.39 is 0 Å². The molecule has 1 saturated heterocycles. The fourth-order valence-electron chi connectivity index (χ4n) is 2.77. The highest BCUT2D eigenvalue weighted by molar-refractivity contribution is 5.86. The standard InChI is InChI=1S/C17H24N2O/c1-2-17(20)18-10-13-19-11-8-16(9-12-19)14-15-6-4-3-5-7-15/h2-7,16H,1,8-14H2,(H,18,20). The summed E-state index contributed by atoms with van der Waals surface area (Å²) in [4.78, 5) is 13.5. The zero-order chi connectivity index (χ0) is 14.2. The van der Waals surface area contributed by atoms with E-state index in [0.717, 1.165) is 25.6 Å². The van der Waals surface area contributed by atoms with Gasteiger partial charge in [-0.15, -0.1) is 0 Å². The SMILES string of the molecule is C=CC(=O)NCCN1CCC(Cc2ccccc2)CC1. The van der Waals surface area contributed by atoms with Gasteiger partial charge >= 0.3 is 0 Å². The molecule has 0 aliphatic carbocycles.